The van der Waals surface area contributed by atoms with Gasteiger partial charge in [0.2, 0.25) is 5.88 Å². The Morgan fingerprint density at radius 1 is 1.04 bits per heavy atom. The second-order valence-electron chi connectivity index (χ2n) is 6.29. The first-order valence-electron chi connectivity index (χ1n) is 8.76. The molecule has 3 heterocycles. The maximum Gasteiger partial charge on any atom is 0.274 e. The van der Waals surface area contributed by atoms with Crippen molar-refractivity contribution in [2.45, 2.75) is 0 Å². The summed E-state index contributed by atoms with van der Waals surface area (Å²) in [5, 5.41) is 4.25. The molecule has 1 saturated heterocycles. The number of imidazole rings is 1. The molecule has 1 aromatic carbocycles. The third-order valence-electron chi connectivity index (χ3n) is 4.71. The number of nitrogens with zero attached hydrogens (tertiary/aromatic N) is 5. The summed E-state index contributed by atoms with van der Waals surface area (Å²) < 4.78 is 12.0. The predicted molar refractivity (Wildman–Crippen MR) is 101 cm³/mol. The average Bonchev–Trinajstić information content (AvgIpc) is 3.16. The summed E-state index contributed by atoms with van der Waals surface area (Å²) in [6.45, 7) is 2.80. The highest BCUT2D eigenvalue weighted by atomic mass is 16.5. The van der Waals surface area contributed by atoms with E-state index in [1.165, 1.54) is 0 Å². The van der Waals surface area contributed by atoms with Crippen molar-refractivity contribution in [3.05, 3.63) is 48.3 Å². The number of fused-ring (bicyclic) bond motifs is 1. The molecular formula is C19H21N5O3. The van der Waals surface area contributed by atoms with Crippen LogP contribution in [-0.4, -0.2) is 65.8 Å². The number of piperazine rings is 1. The normalized spacial score (nSPS) is 14.4. The molecule has 1 fully saturated rings. The van der Waals surface area contributed by atoms with Gasteiger partial charge in [-0.15, -0.1) is 5.10 Å². The van der Waals surface area contributed by atoms with Crippen molar-refractivity contribution in [3.8, 4) is 11.6 Å². The molecule has 0 spiro atoms. The van der Waals surface area contributed by atoms with E-state index in [2.05, 4.69) is 21.0 Å². The first-order chi connectivity index (χ1) is 13.2. The van der Waals surface area contributed by atoms with Gasteiger partial charge in [-0.2, -0.15) is 0 Å². The summed E-state index contributed by atoms with van der Waals surface area (Å²) >= 11 is 0. The van der Waals surface area contributed by atoms with Crippen LogP contribution in [0, 0.1) is 0 Å². The molecule has 0 bridgehead atoms. The number of methoxy groups -OCH3 is 2. The number of rotatable bonds is 4. The Morgan fingerprint density at radius 3 is 2.59 bits per heavy atom. The van der Waals surface area contributed by atoms with Gasteiger partial charge < -0.3 is 19.3 Å². The molecule has 3 aromatic rings. The lowest BCUT2D eigenvalue weighted by Crippen LogP contribution is -2.48. The predicted octanol–water partition coefficient (Wildman–Crippen LogP) is 1.71. The van der Waals surface area contributed by atoms with Gasteiger partial charge in [0.25, 0.3) is 5.91 Å². The van der Waals surface area contributed by atoms with Crippen LogP contribution < -0.4 is 14.4 Å². The van der Waals surface area contributed by atoms with E-state index in [4.69, 9.17) is 9.47 Å². The molecule has 140 valence electrons. The molecule has 0 radical (unpaired) electrons. The second-order valence-corrected chi connectivity index (χ2v) is 6.29. The lowest BCUT2D eigenvalue weighted by atomic mass is 10.2. The number of benzene rings is 1. The molecule has 0 atom stereocenters. The van der Waals surface area contributed by atoms with Crippen molar-refractivity contribution < 1.29 is 14.3 Å². The van der Waals surface area contributed by atoms with Crippen LogP contribution in [0.3, 0.4) is 0 Å². The third kappa shape index (κ3) is 3.38. The van der Waals surface area contributed by atoms with Crippen LogP contribution in [0.15, 0.2) is 42.6 Å². The fourth-order valence-electron chi connectivity index (χ4n) is 3.21. The number of hydrogen-bond acceptors (Lipinski definition) is 6. The fraction of sp³-hybridized carbons (Fsp3) is 0.316. The lowest BCUT2D eigenvalue weighted by molar-refractivity contribution is 0.0741. The second kappa shape index (κ2) is 7.14. The van der Waals surface area contributed by atoms with Crippen molar-refractivity contribution >= 4 is 17.2 Å². The Hall–Kier alpha value is -3.29. The molecule has 8 nitrogen and oxygen atoms in total. The SMILES string of the molecule is COc1cccc(N2CCN(C(=O)c3cn4nc(OC)ccc4n3)CC2)c1. The van der Waals surface area contributed by atoms with Crippen LogP contribution in [0.2, 0.25) is 0 Å². The molecule has 0 aliphatic carbocycles. The molecule has 1 amide bonds. The summed E-state index contributed by atoms with van der Waals surface area (Å²) in [5.41, 5.74) is 2.12. The largest absolute Gasteiger partial charge is 0.497 e. The Kier molecular flexibility index (Phi) is 4.53. The number of aromatic nitrogens is 3. The number of ether oxygens (including phenoxy) is 2. The number of carbonyl (C=O) groups is 1. The topological polar surface area (TPSA) is 72.2 Å². The van der Waals surface area contributed by atoms with Crippen LogP contribution in [0.5, 0.6) is 11.6 Å². The van der Waals surface area contributed by atoms with E-state index < -0.39 is 0 Å². The monoisotopic (exact) mass is 367 g/mol. The van der Waals surface area contributed by atoms with Crippen LogP contribution in [0.25, 0.3) is 5.65 Å². The first kappa shape index (κ1) is 17.1. The molecule has 0 unspecified atom stereocenters. The number of hydrogen-bond donors (Lipinski definition) is 0. The Bertz CT molecular complexity index is 963. The smallest absolute Gasteiger partial charge is 0.274 e. The molecule has 8 heteroatoms. The Labute approximate surface area is 156 Å². The zero-order chi connectivity index (χ0) is 18.8. The zero-order valence-corrected chi connectivity index (χ0v) is 15.3. The molecule has 0 saturated carbocycles. The molecule has 1 aliphatic rings. The van der Waals surface area contributed by atoms with Crippen molar-refractivity contribution in [1.29, 1.82) is 0 Å². The summed E-state index contributed by atoms with van der Waals surface area (Å²) in [4.78, 5) is 21.3. The van der Waals surface area contributed by atoms with Crippen LogP contribution in [0.4, 0.5) is 5.69 Å². The van der Waals surface area contributed by atoms with Gasteiger partial charge in [-0.05, 0) is 18.2 Å². The van der Waals surface area contributed by atoms with Gasteiger partial charge in [0.05, 0.1) is 20.4 Å². The van der Waals surface area contributed by atoms with Crippen molar-refractivity contribution in [2.75, 3.05) is 45.3 Å². The highest BCUT2D eigenvalue weighted by molar-refractivity contribution is 5.93. The first-order valence-corrected chi connectivity index (χ1v) is 8.76. The molecule has 4 rings (SSSR count). The van der Waals surface area contributed by atoms with E-state index in [-0.39, 0.29) is 5.91 Å². The van der Waals surface area contributed by atoms with E-state index in [0.29, 0.717) is 30.3 Å². The van der Waals surface area contributed by atoms with Gasteiger partial charge in [-0.25, -0.2) is 9.50 Å². The summed E-state index contributed by atoms with van der Waals surface area (Å²) in [5.74, 6) is 1.23. The summed E-state index contributed by atoms with van der Waals surface area (Å²) in [6.07, 6.45) is 1.65. The minimum absolute atomic E-state index is 0.0789. The number of amides is 1. The summed E-state index contributed by atoms with van der Waals surface area (Å²) in [7, 11) is 3.22. The van der Waals surface area contributed by atoms with Gasteiger partial charge in [-0.1, -0.05) is 6.07 Å². The highest BCUT2D eigenvalue weighted by Gasteiger charge is 2.24. The molecule has 0 N–H and O–H groups in total. The van der Waals surface area contributed by atoms with Crippen molar-refractivity contribution in [3.63, 3.8) is 0 Å². The fourth-order valence-corrected chi connectivity index (χ4v) is 3.21. The quantitative estimate of drug-likeness (QED) is 0.699. The van der Waals surface area contributed by atoms with E-state index >= 15 is 0 Å². The van der Waals surface area contributed by atoms with E-state index in [1.54, 1.807) is 37.1 Å². The standard InChI is InChI=1S/C19H21N5O3/c1-26-15-5-3-4-14(12-15)22-8-10-23(11-9-22)19(25)16-13-24-17(20-16)6-7-18(21-24)27-2/h3-7,12-13H,8-11H2,1-2H3. The van der Waals surface area contributed by atoms with Crippen LogP contribution in [-0.2, 0) is 0 Å². The molecule has 27 heavy (non-hydrogen) atoms. The Balaban J connectivity index is 1.45. The van der Waals surface area contributed by atoms with Gasteiger partial charge in [-0.3, -0.25) is 4.79 Å². The van der Waals surface area contributed by atoms with Gasteiger partial charge in [0, 0.05) is 44.0 Å². The maximum absolute atomic E-state index is 12.8. The van der Waals surface area contributed by atoms with Gasteiger partial charge in [0.1, 0.15) is 11.4 Å². The Morgan fingerprint density at radius 2 is 1.85 bits per heavy atom. The third-order valence-corrected chi connectivity index (χ3v) is 4.71. The van der Waals surface area contributed by atoms with Gasteiger partial charge >= 0.3 is 0 Å². The highest BCUT2D eigenvalue weighted by Crippen LogP contribution is 2.22. The number of anilines is 1. The maximum atomic E-state index is 12.8. The van der Waals surface area contributed by atoms with E-state index in [9.17, 15) is 4.79 Å². The lowest BCUT2D eigenvalue weighted by Gasteiger charge is -2.35. The molecular weight excluding hydrogens is 346 g/mol. The average molecular weight is 367 g/mol. The van der Waals surface area contributed by atoms with Crippen molar-refractivity contribution in [1.82, 2.24) is 19.5 Å². The van der Waals surface area contributed by atoms with Gasteiger partial charge in [0.15, 0.2) is 5.65 Å². The van der Waals surface area contributed by atoms with E-state index in [0.717, 1.165) is 24.5 Å². The minimum Gasteiger partial charge on any atom is -0.497 e. The zero-order valence-electron chi connectivity index (χ0n) is 15.3. The van der Waals surface area contributed by atoms with E-state index in [1.807, 2.05) is 23.1 Å². The van der Waals surface area contributed by atoms with Crippen molar-refractivity contribution in [2.24, 2.45) is 0 Å². The molecule has 2 aromatic heterocycles. The number of carbonyl (C=O) groups excluding carboxylic acids is 1. The molecule has 1 aliphatic heterocycles. The minimum atomic E-state index is -0.0789. The summed E-state index contributed by atoms with van der Waals surface area (Å²) in [6, 6.07) is 11.5. The van der Waals surface area contributed by atoms with Crippen LogP contribution >= 0.6 is 0 Å². The van der Waals surface area contributed by atoms with Crippen LogP contribution in [0.1, 0.15) is 10.5 Å².